The summed E-state index contributed by atoms with van der Waals surface area (Å²) in [6.07, 6.45) is 2.07. The Bertz CT molecular complexity index is 375. The van der Waals surface area contributed by atoms with Crippen molar-refractivity contribution in [3.8, 4) is 5.75 Å². The van der Waals surface area contributed by atoms with Gasteiger partial charge < -0.3 is 15.2 Å². The van der Waals surface area contributed by atoms with Crippen LogP contribution in [0.3, 0.4) is 0 Å². The highest BCUT2D eigenvalue weighted by atomic mass is 16.5. The SMILES string of the molecule is CCC(CCO)CNC(=O)Cc1ccc(OC)cc1. The van der Waals surface area contributed by atoms with Crippen LogP contribution in [0.4, 0.5) is 0 Å². The Labute approximate surface area is 114 Å². The summed E-state index contributed by atoms with van der Waals surface area (Å²) in [5, 5.41) is 11.8. The summed E-state index contributed by atoms with van der Waals surface area (Å²) in [6, 6.07) is 7.49. The van der Waals surface area contributed by atoms with Crippen LogP contribution in [0.5, 0.6) is 5.75 Å². The Morgan fingerprint density at radius 3 is 2.58 bits per heavy atom. The summed E-state index contributed by atoms with van der Waals surface area (Å²) >= 11 is 0. The zero-order chi connectivity index (χ0) is 14.1. The third kappa shape index (κ3) is 5.75. The van der Waals surface area contributed by atoms with Gasteiger partial charge in [0.05, 0.1) is 13.5 Å². The molecule has 0 heterocycles. The summed E-state index contributed by atoms with van der Waals surface area (Å²) in [4.78, 5) is 11.8. The third-order valence-electron chi connectivity index (χ3n) is 3.23. The van der Waals surface area contributed by atoms with E-state index in [2.05, 4.69) is 12.2 Å². The zero-order valence-electron chi connectivity index (χ0n) is 11.7. The minimum absolute atomic E-state index is 0.0153. The Hall–Kier alpha value is -1.55. The summed E-state index contributed by atoms with van der Waals surface area (Å²) in [5.41, 5.74) is 0.966. The average molecular weight is 265 g/mol. The molecule has 0 saturated carbocycles. The molecular formula is C15H23NO3. The van der Waals surface area contributed by atoms with E-state index in [0.717, 1.165) is 24.2 Å². The number of rotatable bonds is 8. The topological polar surface area (TPSA) is 58.6 Å². The maximum absolute atomic E-state index is 11.8. The van der Waals surface area contributed by atoms with Crippen LogP contribution in [0, 0.1) is 5.92 Å². The fourth-order valence-corrected chi connectivity index (χ4v) is 1.88. The second-order valence-electron chi connectivity index (χ2n) is 4.62. The van der Waals surface area contributed by atoms with E-state index in [1.807, 2.05) is 24.3 Å². The van der Waals surface area contributed by atoms with Gasteiger partial charge in [0, 0.05) is 13.2 Å². The number of hydrogen-bond acceptors (Lipinski definition) is 3. The first kappa shape index (κ1) is 15.5. The molecule has 2 N–H and O–H groups in total. The van der Waals surface area contributed by atoms with Gasteiger partial charge in [0.15, 0.2) is 0 Å². The first-order valence-electron chi connectivity index (χ1n) is 6.70. The predicted molar refractivity (Wildman–Crippen MR) is 75.2 cm³/mol. The Kier molecular flexibility index (Phi) is 6.97. The van der Waals surface area contributed by atoms with Crippen molar-refractivity contribution < 1.29 is 14.6 Å². The average Bonchev–Trinajstić information content (AvgIpc) is 2.44. The van der Waals surface area contributed by atoms with Gasteiger partial charge in [0.25, 0.3) is 0 Å². The maximum Gasteiger partial charge on any atom is 0.224 e. The Balaban J connectivity index is 2.37. The maximum atomic E-state index is 11.8. The molecule has 19 heavy (non-hydrogen) atoms. The van der Waals surface area contributed by atoms with Gasteiger partial charge in [-0.15, -0.1) is 0 Å². The molecule has 0 aliphatic rings. The number of benzene rings is 1. The largest absolute Gasteiger partial charge is 0.497 e. The van der Waals surface area contributed by atoms with E-state index in [9.17, 15) is 4.79 Å². The standard InChI is InChI=1S/C15H23NO3/c1-3-12(8-9-17)11-16-15(18)10-13-4-6-14(19-2)7-5-13/h4-7,12,17H,3,8-11H2,1-2H3,(H,16,18). The van der Waals surface area contributed by atoms with Gasteiger partial charge in [0.1, 0.15) is 5.75 Å². The molecular weight excluding hydrogens is 242 g/mol. The Morgan fingerprint density at radius 2 is 2.05 bits per heavy atom. The number of carbonyl (C=O) groups excluding carboxylic acids is 1. The van der Waals surface area contributed by atoms with Crippen LogP contribution >= 0.6 is 0 Å². The molecule has 0 fully saturated rings. The van der Waals surface area contributed by atoms with Gasteiger partial charge >= 0.3 is 0 Å². The van der Waals surface area contributed by atoms with Crippen LogP contribution in [0.25, 0.3) is 0 Å². The molecule has 1 aromatic carbocycles. The number of methoxy groups -OCH3 is 1. The third-order valence-corrected chi connectivity index (χ3v) is 3.23. The van der Waals surface area contributed by atoms with Crippen LogP contribution in [0.2, 0.25) is 0 Å². The van der Waals surface area contributed by atoms with Crippen molar-refractivity contribution in [3.05, 3.63) is 29.8 Å². The van der Waals surface area contributed by atoms with E-state index < -0.39 is 0 Å². The van der Waals surface area contributed by atoms with Gasteiger partial charge in [-0.05, 0) is 30.0 Å². The van der Waals surface area contributed by atoms with Crippen LogP contribution in [0.1, 0.15) is 25.3 Å². The summed E-state index contributed by atoms with van der Waals surface area (Å²) < 4.78 is 5.07. The number of amides is 1. The van der Waals surface area contributed by atoms with Crippen LogP contribution in [0.15, 0.2) is 24.3 Å². The minimum atomic E-state index is 0.0153. The van der Waals surface area contributed by atoms with Crippen LogP contribution < -0.4 is 10.1 Å². The van der Waals surface area contributed by atoms with Crippen molar-refractivity contribution in [1.82, 2.24) is 5.32 Å². The molecule has 0 radical (unpaired) electrons. The summed E-state index contributed by atoms with van der Waals surface area (Å²) in [6.45, 7) is 2.87. The monoisotopic (exact) mass is 265 g/mol. The molecule has 1 unspecified atom stereocenters. The lowest BCUT2D eigenvalue weighted by atomic mass is 10.0. The number of aliphatic hydroxyl groups excluding tert-OH is 1. The highest BCUT2D eigenvalue weighted by Crippen LogP contribution is 2.11. The highest BCUT2D eigenvalue weighted by molar-refractivity contribution is 5.78. The molecule has 1 amide bonds. The van der Waals surface area contributed by atoms with Gasteiger partial charge in [-0.25, -0.2) is 0 Å². The van der Waals surface area contributed by atoms with E-state index >= 15 is 0 Å². The molecule has 0 bridgehead atoms. The van der Waals surface area contributed by atoms with E-state index in [4.69, 9.17) is 9.84 Å². The van der Waals surface area contributed by atoms with Crippen molar-refractivity contribution in [3.63, 3.8) is 0 Å². The van der Waals surface area contributed by atoms with Gasteiger partial charge in [-0.3, -0.25) is 4.79 Å². The number of aliphatic hydroxyl groups is 1. The molecule has 4 heteroatoms. The molecule has 0 spiro atoms. The lowest BCUT2D eigenvalue weighted by Gasteiger charge is -2.14. The first-order valence-corrected chi connectivity index (χ1v) is 6.70. The van der Waals surface area contributed by atoms with Crippen molar-refractivity contribution in [1.29, 1.82) is 0 Å². The normalized spacial score (nSPS) is 11.9. The smallest absolute Gasteiger partial charge is 0.224 e. The van der Waals surface area contributed by atoms with E-state index in [1.165, 1.54) is 0 Å². The zero-order valence-corrected chi connectivity index (χ0v) is 11.7. The lowest BCUT2D eigenvalue weighted by molar-refractivity contribution is -0.120. The van der Waals surface area contributed by atoms with Crippen molar-refractivity contribution >= 4 is 5.91 Å². The summed E-state index contributed by atoms with van der Waals surface area (Å²) in [7, 11) is 1.62. The molecule has 1 atom stereocenters. The molecule has 0 aliphatic heterocycles. The molecule has 106 valence electrons. The van der Waals surface area contributed by atoms with E-state index in [1.54, 1.807) is 7.11 Å². The molecule has 4 nitrogen and oxygen atoms in total. The first-order chi connectivity index (χ1) is 9.19. The second-order valence-corrected chi connectivity index (χ2v) is 4.62. The lowest BCUT2D eigenvalue weighted by Crippen LogP contribution is -2.30. The van der Waals surface area contributed by atoms with Crippen LogP contribution in [-0.2, 0) is 11.2 Å². The van der Waals surface area contributed by atoms with Crippen molar-refractivity contribution in [2.45, 2.75) is 26.2 Å². The van der Waals surface area contributed by atoms with Crippen molar-refractivity contribution in [2.24, 2.45) is 5.92 Å². The molecule has 0 aromatic heterocycles. The molecule has 0 saturated heterocycles. The number of hydrogen-bond donors (Lipinski definition) is 2. The highest BCUT2D eigenvalue weighted by Gasteiger charge is 2.08. The quantitative estimate of drug-likeness (QED) is 0.753. The second kappa shape index (κ2) is 8.53. The number of nitrogens with one attached hydrogen (secondary N) is 1. The fourth-order valence-electron chi connectivity index (χ4n) is 1.88. The molecule has 1 rings (SSSR count). The summed E-state index contributed by atoms with van der Waals surface area (Å²) in [5.74, 6) is 1.16. The van der Waals surface area contributed by atoms with E-state index in [0.29, 0.717) is 18.9 Å². The van der Waals surface area contributed by atoms with Gasteiger partial charge in [-0.1, -0.05) is 25.5 Å². The van der Waals surface area contributed by atoms with Crippen LogP contribution in [-0.4, -0.2) is 31.3 Å². The van der Waals surface area contributed by atoms with E-state index in [-0.39, 0.29) is 12.5 Å². The predicted octanol–water partition coefficient (Wildman–Crippen LogP) is 1.76. The van der Waals surface area contributed by atoms with Gasteiger partial charge in [-0.2, -0.15) is 0 Å². The molecule has 0 aliphatic carbocycles. The molecule has 1 aromatic rings. The van der Waals surface area contributed by atoms with Gasteiger partial charge in [0.2, 0.25) is 5.91 Å². The number of carbonyl (C=O) groups is 1. The fraction of sp³-hybridized carbons (Fsp3) is 0.533. The Morgan fingerprint density at radius 1 is 1.37 bits per heavy atom. The number of ether oxygens (including phenoxy) is 1. The minimum Gasteiger partial charge on any atom is -0.497 e. The van der Waals surface area contributed by atoms with Crippen molar-refractivity contribution in [2.75, 3.05) is 20.3 Å².